The van der Waals surface area contributed by atoms with Crippen LogP contribution in [0.3, 0.4) is 0 Å². The number of nitrogens with zero attached hydrogens (tertiary/aromatic N) is 4. The maximum atomic E-state index is 12.9. The summed E-state index contributed by atoms with van der Waals surface area (Å²) in [6, 6.07) is 8.38. The Hall–Kier alpha value is -2.38. The number of aryl methyl sites for hydroxylation is 4. The molecule has 29 heavy (non-hydrogen) atoms. The lowest BCUT2D eigenvalue weighted by molar-refractivity contribution is 0.102. The van der Waals surface area contributed by atoms with Crippen molar-refractivity contribution < 1.29 is 9.53 Å². The Labute approximate surface area is 176 Å². The molecule has 0 spiro atoms. The predicted molar refractivity (Wildman–Crippen MR) is 116 cm³/mol. The fourth-order valence-corrected chi connectivity index (χ4v) is 4.23. The zero-order valence-corrected chi connectivity index (χ0v) is 18.5. The molecule has 0 fully saturated rings. The Morgan fingerprint density at radius 2 is 1.93 bits per heavy atom. The van der Waals surface area contributed by atoms with E-state index in [0.29, 0.717) is 12.4 Å². The summed E-state index contributed by atoms with van der Waals surface area (Å²) < 4.78 is 9.21. The van der Waals surface area contributed by atoms with Crippen LogP contribution in [0.4, 0.5) is 0 Å². The van der Waals surface area contributed by atoms with Gasteiger partial charge in [0.2, 0.25) is 0 Å². The van der Waals surface area contributed by atoms with Crippen LogP contribution in [0.15, 0.2) is 35.7 Å². The lowest BCUT2D eigenvalue weighted by Crippen LogP contribution is -2.07. The molecular weight excluding hydrogens is 384 g/mol. The molecule has 0 amide bonds. The van der Waals surface area contributed by atoms with Crippen molar-refractivity contribution in [3.63, 3.8) is 0 Å². The molecule has 3 rings (SSSR count). The molecule has 7 heteroatoms. The van der Waals surface area contributed by atoms with Gasteiger partial charge >= 0.3 is 0 Å². The molecular formula is C22H28N4O2S. The third kappa shape index (κ3) is 4.79. The van der Waals surface area contributed by atoms with Crippen LogP contribution in [0.5, 0.6) is 0 Å². The first-order valence-corrected chi connectivity index (χ1v) is 10.7. The second-order valence-electron chi connectivity index (χ2n) is 7.25. The van der Waals surface area contributed by atoms with Crippen molar-refractivity contribution in [3.8, 4) is 5.69 Å². The van der Waals surface area contributed by atoms with Gasteiger partial charge in [0, 0.05) is 42.9 Å². The van der Waals surface area contributed by atoms with E-state index in [2.05, 4.69) is 46.8 Å². The van der Waals surface area contributed by atoms with E-state index in [1.165, 1.54) is 22.9 Å². The summed E-state index contributed by atoms with van der Waals surface area (Å²) in [6.07, 6.45) is 2.58. The van der Waals surface area contributed by atoms with Crippen molar-refractivity contribution >= 4 is 17.5 Å². The summed E-state index contributed by atoms with van der Waals surface area (Å²) >= 11 is 1.43. The summed E-state index contributed by atoms with van der Waals surface area (Å²) in [6.45, 7) is 9.73. The van der Waals surface area contributed by atoms with Gasteiger partial charge in [-0.3, -0.25) is 4.79 Å². The Morgan fingerprint density at radius 1 is 1.14 bits per heavy atom. The second-order valence-corrected chi connectivity index (χ2v) is 8.20. The number of Topliss-reactive ketones (excluding diaryl/α,β-unsaturated/α-hetero) is 1. The van der Waals surface area contributed by atoms with Gasteiger partial charge in [0.15, 0.2) is 10.9 Å². The first-order valence-electron chi connectivity index (χ1n) is 9.71. The molecule has 154 valence electrons. The fourth-order valence-electron chi connectivity index (χ4n) is 3.40. The van der Waals surface area contributed by atoms with E-state index in [0.717, 1.165) is 40.8 Å². The molecule has 0 aliphatic rings. The number of benzene rings is 1. The molecule has 0 saturated heterocycles. The number of carbonyl (C=O) groups is 1. The van der Waals surface area contributed by atoms with E-state index in [1.54, 1.807) is 13.4 Å². The normalized spacial score (nSPS) is 11.2. The zero-order valence-electron chi connectivity index (χ0n) is 17.7. The third-order valence-corrected chi connectivity index (χ3v) is 6.12. The van der Waals surface area contributed by atoms with Gasteiger partial charge in [-0.05, 0) is 63.4 Å². The minimum Gasteiger partial charge on any atom is -0.385 e. The van der Waals surface area contributed by atoms with Gasteiger partial charge in [0.25, 0.3) is 0 Å². The number of thioether (sulfide) groups is 1. The van der Waals surface area contributed by atoms with Gasteiger partial charge < -0.3 is 13.9 Å². The largest absolute Gasteiger partial charge is 0.385 e. The minimum absolute atomic E-state index is 0.102. The predicted octanol–water partition coefficient (Wildman–Crippen LogP) is 4.31. The van der Waals surface area contributed by atoms with Crippen LogP contribution >= 0.6 is 11.8 Å². The van der Waals surface area contributed by atoms with Crippen LogP contribution in [0.1, 0.15) is 39.3 Å². The number of ketones is 1. The topological polar surface area (TPSA) is 61.9 Å². The number of hydrogen-bond acceptors (Lipinski definition) is 5. The van der Waals surface area contributed by atoms with E-state index in [-0.39, 0.29) is 5.78 Å². The Bertz CT molecular complexity index is 1010. The van der Waals surface area contributed by atoms with Crippen LogP contribution in [0.2, 0.25) is 0 Å². The standard InChI is InChI=1S/C22H28N4O2S/c1-15-7-8-19(11-16(15)2)26-17(3)12-20(18(26)4)21(27)13-29-22-24-23-14-25(22)9-6-10-28-5/h7-8,11-12,14H,6,9-10,13H2,1-5H3. The first kappa shape index (κ1) is 21.3. The van der Waals surface area contributed by atoms with Crippen molar-refractivity contribution in [1.29, 1.82) is 0 Å². The SMILES string of the molecule is COCCCn1cnnc1SCC(=O)c1cc(C)n(-c2ccc(C)c(C)c2)c1C. The average molecular weight is 413 g/mol. The van der Waals surface area contributed by atoms with Crippen LogP contribution < -0.4 is 0 Å². The number of ether oxygens (including phenoxy) is 1. The van der Waals surface area contributed by atoms with E-state index >= 15 is 0 Å². The molecule has 6 nitrogen and oxygen atoms in total. The Kier molecular flexibility index (Phi) is 6.92. The van der Waals surface area contributed by atoms with Crippen LogP contribution in [0, 0.1) is 27.7 Å². The maximum absolute atomic E-state index is 12.9. The highest BCUT2D eigenvalue weighted by Crippen LogP contribution is 2.25. The average Bonchev–Trinajstić information content (AvgIpc) is 3.26. The Morgan fingerprint density at radius 3 is 2.66 bits per heavy atom. The number of carbonyl (C=O) groups excluding carboxylic acids is 1. The highest BCUT2D eigenvalue weighted by molar-refractivity contribution is 7.99. The van der Waals surface area contributed by atoms with E-state index < -0.39 is 0 Å². The molecule has 3 aromatic rings. The summed E-state index contributed by atoms with van der Waals surface area (Å²) in [5, 5.41) is 8.89. The van der Waals surface area contributed by atoms with Gasteiger partial charge in [0.05, 0.1) is 5.75 Å². The molecule has 2 aromatic heterocycles. The molecule has 2 heterocycles. The highest BCUT2D eigenvalue weighted by atomic mass is 32.2. The smallest absolute Gasteiger partial charge is 0.191 e. The number of rotatable bonds is 9. The minimum atomic E-state index is 0.102. The van der Waals surface area contributed by atoms with Crippen LogP contribution in [-0.2, 0) is 11.3 Å². The van der Waals surface area contributed by atoms with Crippen molar-refractivity contribution in [2.45, 2.75) is 45.8 Å². The maximum Gasteiger partial charge on any atom is 0.191 e. The summed E-state index contributed by atoms with van der Waals surface area (Å²) in [4.78, 5) is 12.9. The Balaban J connectivity index is 1.74. The van der Waals surface area contributed by atoms with Crippen LogP contribution in [0.25, 0.3) is 5.69 Å². The summed E-state index contributed by atoms with van der Waals surface area (Å²) in [7, 11) is 1.69. The number of hydrogen-bond donors (Lipinski definition) is 0. The van der Waals surface area contributed by atoms with Gasteiger partial charge in [-0.2, -0.15) is 0 Å². The molecule has 0 aliphatic heterocycles. The van der Waals surface area contributed by atoms with Crippen molar-refractivity contribution in [2.24, 2.45) is 0 Å². The van der Waals surface area contributed by atoms with Gasteiger partial charge in [-0.15, -0.1) is 10.2 Å². The highest BCUT2D eigenvalue weighted by Gasteiger charge is 2.18. The number of aromatic nitrogens is 4. The van der Waals surface area contributed by atoms with Crippen molar-refractivity contribution in [2.75, 3.05) is 19.5 Å². The fraction of sp³-hybridized carbons (Fsp3) is 0.409. The molecule has 0 N–H and O–H groups in total. The molecule has 1 aromatic carbocycles. The second kappa shape index (κ2) is 9.41. The molecule has 0 radical (unpaired) electrons. The van der Waals surface area contributed by atoms with E-state index in [4.69, 9.17) is 4.74 Å². The monoisotopic (exact) mass is 412 g/mol. The van der Waals surface area contributed by atoms with Gasteiger partial charge in [-0.1, -0.05) is 17.8 Å². The lowest BCUT2D eigenvalue weighted by Gasteiger charge is -2.12. The first-order chi connectivity index (χ1) is 13.9. The molecule has 0 atom stereocenters. The third-order valence-electron chi connectivity index (χ3n) is 5.14. The lowest BCUT2D eigenvalue weighted by atomic mass is 10.1. The molecule has 0 bridgehead atoms. The molecule has 0 unspecified atom stereocenters. The number of methoxy groups -OCH3 is 1. The zero-order chi connectivity index (χ0) is 21.0. The van der Waals surface area contributed by atoms with Gasteiger partial charge in [-0.25, -0.2) is 0 Å². The van der Waals surface area contributed by atoms with Crippen molar-refractivity contribution in [1.82, 2.24) is 19.3 Å². The van der Waals surface area contributed by atoms with E-state index in [9.17, 15) is 4.79 Å². The summed E-state index contributed by atoms with van der Waals surface area (Å²) in [5.41, 5.74) is 6.39. The van der Waals surface area contributed by atoms with Gasteiger partial charge in [0.1, 0.15) is 6.33 Å². The quantitative estimate of drug-likeness (QED) is 0.298. The van der Waals surface area contributed by atoms with E-state index in [1.807, 2.05) is 24.5 Å². The summed E-state index contributed by atoms with van der Waals surface area (Å²) in [5.74, 6) is 0.435. The van der Waals surface area contributed by atoms with Crippen LogP contribution in [-0.4, -0.2) is 44.6 Å². The molecule has 0 aliphatic carbocycles. The van der Waals surface area contributed by atoms with Crippen molar-refractivity contribution in [3.05, 3.63) is 58.7 Å². The molecule has 0 saturated carbocycles.